The van der Waals surface area contributed by atoms with Crippen molar-refractivity contribution < 1.29 is 35.1 Å². The molecular formula is C15H7Br2F8. The lowest BCUT2D eigenvalue weighted by Crippen LogP contribution is -2.65. The predicted molar refractivity (Wildman–Crippen MR) is 82.3 cm³/mol. The van der Waals surface area contributed by atoms with Crippen molar-refractivity contribution in [1.82, 2.24) is 0 Å². The van der Waals surface area contributed by atoms with Crippen molar-refractivity contribution in [3.05, 3.63) is 63.2 Å². The van der Waals surface area contributed by atoms with Crippen LogP contribution in [-0.4, -0.2) is 18.0 Å². The fraction of sp³-hybridized carbons (Fsp3) is 0.267. The van der Waals surface area contributed by atoms with E-state index in [1.54, 1.807) is 0 Å². The Bertz CT molecular complexity index is 698. The second-order valence-electron chi connectivity index (χ2n) is 5.21. The molecule has 0 bridgehead atoms. The van der Waals surface area contributed by atoms with Gasteiger partial charge >= 0.3 is 18.0 Å². The highest BCUT2D eigenvalue weighted by molar-refractivity contribution is 9.12. The van der Waals surface area contributed by atoms with E-state index < -0.39 is 34.8 Å². The molecule has 1 aromatic rings. The fourth-order valence-electron chi connectivity index (χ4n) is 2.66. The first kappa shape index (κ1) is 20.4. The number of hydrogen-bond acceptors (Lipinski definition) is 0. The van der Waals surface area contributed by atoms with E-state index in [0.29, 0.717) is 24.3 Å². The van der Waals surface area contributed by atoms with E-state index in [-0.39, 0.29) is 8.96 Å². The van der Waals surface area contributed by atoms with Gasteiger partial charge < -0.3 is 0 Å². The van der Waals surface area contributed by atoms with Crippen LogP contribution in [0.25, 0.3) is 0 Å². The monoisotopic (exact) mass is 497 g/mol. The van der Waals surface area contributed by atoms with Crippen molar-refractivity contribution >= 4 is 31.9 Å². The van der Waals surface area contributed by atoms with Crippen LogP contribution in [0.4, 0.5) is 35.1 Å². The van der Waals surface area contributed by atoms with Crippen LogP contribution in [0.15, 0.2) is 45.4 Å². The first-order chi connectivity index (χ1) is 11.3. The van der Waals surface area contributed by atoms with E-state index in [0.717, 1.165) is 18.6 Å². The molecule has 0 fully saturated rings. The standard InChI is InChI=1S/C15H7Br2F8/c16-8-5-9(17)7-12(6-8,10-3-1-2-4-11(10)18)13(19,14(20,21)22)15(23,24)25/h1-7H. The molecular weight excluding hydrogens is 492 g/mol. The molecule has 0 saturated carbocycles. The number of benzene rings is 1. The molecule has 0 nitrogen and oxygen atoms in total. The van der Waals surface area contributed by atoms with Gasteiger partial charge in [-0.2, -0.15) is 26.3 Å². The molecule has 0 aliphatic heterocycles. The molecule has 2 rings (SSSR count). The highest BCUT2D eigenvalue weighted by Gasteiger charge is 2.81. The molecule has 1 aliphatic carbocycles. The highest BCUT2D eigenvalue weighted by atomic mass is 79.9. The minimum Gasteiger partial charge on any atom is -0.222 e. The van der Waals surface area contributed by atoms with E-state index in [9.17, 15) is 35.1 Å². The van der Waals surface area contributed by atoms with Crippen LogP contribution in [0.2, 0.25) is 0 Å². The summed E-state index contributed by atoms with van der Waals surface area (Å²) in [7, 11) is 0. The maximum absolute atomic E-state index is 15.0. The Balaban J connectivity index is 3.00. The summed E-state index contributed by atoms with van der Waals surface area (Å²) in [5.74, 6) is -1.41. The minimum atomic E-state index is -6.38. The summed E-state index contributed by atoms with van der Waals surface area (Å²) in [6.07, 6.45) is -10.9. The number of hydrogen-bond donors (Lipinski definition) is 0. The molecule has 0 saturated heterocycles. The van der Waals surface area contributed by atoms with Crippen LogP contribution in [0.5, 0.6) is 0 Å². The first-order valence-corrected chi connectivity index (χ1v) is 8.04. The van der Waals surface area contributed by atoms with E-state index in [1.807, 2.05) is 0 Å². The van der Waals surface area contributed by atoms with E-state index in [1.165, 1.54) is 0 Å². The molecule has 0 unspecified atom stereocenters. The van der Waals surface area contributed by atoms with Gasteiger partial charge in [-0.05, 0) is 6.07 Å². The molecule has 0 aromatic heterocycles. The lowest BCUT2D eigenvalue weighted by molar-refractivity contribution is -0.354. The Hall–Kier alpha value is -0.900. The van der Waals surface area contributed by atoms with Gasteiger partial charge in [-0.25, -0.2) is 8.78 Å². The van der Waals surface area contributed by atoms with E-state index >= 15 is 0 Å². The predicted octanol–water partition coefficient (Wildman–Crippen LogP) is 6.67. The average molecular weight is 499 g/mol. The topological polar surface area (TPSA) is 0 Å². The fourth-order valence-corrected chi connectivity index (χ4v) is 4.18. The van der Waals surface area contributed by atoms with Crippen LogP contribution in [-0.2, 0) is 5.41 Å². The van der Waals surface area contributed by atoms with Crippen molar-refractivity contribution in [3.8, 4) is 0 Å². The number of alkyl halides is 7. The van der Waals surface area contributed by atoms with Gasteiger partial charge in [0.1, 0.15) is 5.82 Å². The molecule has 0 atom stereocenters. The summed E-state index contributed by atoms with van der Waals surface area (Å²) < 4.78 is 109. The van der Waals surface area contributed by atoms with Crippen LogP contribution in [0.1, 0.15) is 5.56 Å². The molecule has 1 aromatic carbocycles. The third kappa shape index (κ3) is 3.15. The van der Waals surface area contributed by atoms with Crippen molar-refractivity contribution in [2.45, 2.75) is 23.4 Å². The maximum Gasteiger partial charge on any atom is 0.433 e. The summed E-state index contributed by atoms with van der Waals surface area (Å²) in [5, 5.41) is 0. The van der Waals surface area contributed by atoms with Crippen LogP contribution in [0, 0.1) is 12.2 Å². The molecule has 1 radical (unpaired) electrons. The van der Waals surface area contributed by atoms with E-state index in [2.05, 4.69) is 31.9 Å². The SMILES string of the molecule is Fc1ccccc1C1(C(F)(C(F)(F)F)C(F)(F)F)C=C(Br)[CH]C(Br)=C1. The molecule has 0 spiro atoms. The molecule has 0 N–H and O–H groups in total. The summed E-state index contributed by atoms with van der Waals surface area (Å²) in [6, 6.07) is 3.43. The zero-order valence-electron chi connectivity index (χ0n) is 11.8. The second-order valence-corrected chi connectivity index (χ2v) is 7.04. The van der Waals surface area contributed by atoms with Crippen molar-refractivity contribution in [3.63, 3.8) is 0 Å². The van der Waals surface area contributed by atoms with E-state index in [4.69, 9.17) is 0 Å². The maximum atomic E-state index is 15.0. The summed E-state index contributed by atoms with van der Waals surface area (Å²) in [4.78, 5) is 0. The quantitative estimate of drug-likeness (QED) is 0.399. The Morgan fingerprint density at radius 3 is 1.60 bits per heavy atom. The van der Waals surface area contributed by atoms with Gasteiger partial charge in [0.25, 0.3) is 0 Å². The van der Waals surface area contributed by atoms with Crippen molar-refractivity contribution in [1.29, 1.82) is 0 Å². The zero-order chi connectivity index (χ0) is 19.3. The summed E-state index contributed by atoms with van der Waals surface area (Å²) in [5.41, 5.74) is -10.4. The number of allylic oxidation sites excluding steroid dienone is 4. The Kier molecular flexibility index (Phi) is 5.20. The van der Waals surface area contributed by atoms with Crippen molar-refractivity contribution in [2.24, 2.45) is 0 Å². The highest BCUT2D eigenvalue weighted by Crippen LogP contribution is 2.60. The van der Waals surface area contributed by atoms with Crippen LogP contribution in [0.3, 0.4) is 0 Å². The Morgan fingerprint density at radius 2 is 1.20 bits per heavy atom. The normalized spacial score (nSPS) is 18.6. The third-order valence-corrected chi connectivity index (χ3v) is 4.59. The second kappa shape index (κ2) is 6.37. The lowest BCUT2D eigenvalue weighted by Gasteiger charge is -2.45. The smallest absolute Gasteiger partial charge is 0.222 e. The largest absolute Gasteiger partial charge is 0.433 e. The average Bonchev–Trinajstić information content (AvgIpc) is 2.43. The Labute approximate surface area is 153 Å². The number of halogens is 10. The zero-order valence-corrected chi connectivity index (χ0v) is 15.0. The van der Waals surface area contributed by atoms with Gasteiger partial charge in [-0.3, -0.25) is 0 Å². The van der Waals surface area contributed by atoms with Crippen LogP contribution >= 0.6 is 31.9 Å². The van der Waals surface area contributed by atoms with Gasteiger partial charge in [-0.1, -0.05) is 62.2 Å². The molecule has 0 amide bonds. The molecule has 1 aliphatic rings. The van der Waals surface area contributed by atoms with Gasteiger partial charge in [0.2, 0.25) is 0 Å². The Morgan fingerprint density at radius 1 is 0.760 bits per heavy atom. The van der Waals surface area contributed by atoms with Gasteiger partial charge in [0.05, 0.1) is 5.41 Å². The number of rotatable bonds is 2. The summed E-state index contributed by atoms with van der Waals surface area (Å²) in [6.45, 7) is 0. The van der Waals surface area contributed by atoms with Gasteiger partial charge in [-0.15, -0.1) is 0 Å². The minimum absolute atomic E-state index is 0.277. The lowest BCUT2D eigenvalue weighted by atomic mass is 9.65. The third-order valence-electron chi connectivity index (χ3n) is 3.68. The first-order valence-electron chi connectivity index (χ1n) is 6.45. The van der Waals surface area contributed by atoms with Gasteiger partial charge in [0.15, 0.2) is 0 Å². The van der Waals surface area contributed by atoms with Crippen LogP contribution < -0.4 is 0 Å². The van der Waals surface area contributed by atoms with Crippen molar-refractivity contribution in [2.75, 3.05) is 0 Å². The van der Waals surface area contributed by atoms with Gasteiger partial charge in [0, 0.05) is 20.9 Å². The summed E-state index contributed by atoms with van der Waals surface area (Å²) >= 11 is 5.53. The molecule has 10 heteroatoms. The molecule has 137 valence electrons. The molecule has 25 heavy (non-hydrogen) atoms. The molecule has 0 heterocycles.